The molecular formula is C33H49BN2O4. The maximum Gasteiger partial charge on any atom is 0.494 e. The molecule has 1 aromatic rings. The second-order valence-electron chi connectivity index (χ2n) is 14.7. The summed E-state index contributed by atoms with van der Waals surface area (Å²) in [6.45, 7) is 13.7. The Balaban J connectivity index is 1.27. The average Bonchev–Trinajstić information content (AvgIpc) is 3.22. The molecule has 2 amide bonds. The van der Waals surface area contributed by atoms with Crippen molar-refractivity contribution in [3.05, 3.63) is 23.8 Å². The predicted molar refractivity (Wildman–Crippen MR) is 160 cm³/mol. The molecule has 0 unspecified atom stereocenters. The Morgan fingerprint density at radius 1 is 0.925 bits per heavy atom. The third-order valence-electron chi connectivity index (χ3n) is 11.7. The van der Waals surface area contributed by atoms with Gasteiger partial charge in [0.1, 0.15) is 0 Å². The van der Waals surface area contributed by atoms with Gasteiger partial charge in [-0.3, -0.25) is 9.59 Å². The molecule has 6 rings (SSSR count). The van der Waals surface area contributed by atoms with E-state index in [1.165, 1.54) is 38.5 Å². The smallest absolute Gasteiger partial charge is 0.399 e. The van der Waals surface area contributed by atoms with Gasteiger partial charge in [-0.05, 0) is 88.2 Å². The first kappa shape index (κ1) is 28.3. The Morgan fingerprint density at radius 3 is 2.10 bits per heavy atom. The number of nitrogens with zero attached hydrogens (tertiary/aromatic N) is 2. The van der Waals surface area contributed by atoms with Crippen molar-refractivity contribution in [2.75, 3.05) is 18.0 Å². The number of piperidine rings is 1. The number of likely N-dealkylation sites (tertiary alicyclic amines) is 1. The van der Waals surface area contributed by atoms with Gasteiger partial charge in [0.05, 0.1) is 16.6 Å². The highest BCUT2D eigenvalue weighted by atomic mass is 16.7. The molecule has 0 aromatic heterocycles. The molecule has 2 saturated heterocycles. The highest BCUT2D eigenvalue weighted by Gasteiger charge is 2.57. The lowest BCUT2D eigenvalue weighted by Crippen LogP contribution is -2.54. The van der Waals surface area contributed by atoms with Crippen LogP contribution in [0, 0.1) is 17.8 Å². The third kappa shape index (κ3) is 4.63. The number of benzene rings is 1. The maximum absolute atomic E-state index is 14.5. The van der Waals surface area contributed by atoms with E-state index in [4.69, 9.17) is 9.31 Å². The molecule has 3 heterocycles. The topological polar surface area (TPSA) is 59.1 Å². The first-order chi connectivity index (χ1) is 18.9. The first-order valence-corrected chi connectivity index (χ1v) is 16.0. The first-order valence-electron chi connectivity index (χ1n) is 16.0. The van der Waals surface area contributed by atoms with E-state index in [0.717, 1.165) is 47.3 Å². The van der Waals surface area contributed by atoms with Crippen LogP contribution in [-0.4, -0.2) is 54.2 Å². The van der Waals surface area contributed by atoms with Crippen LogP contribution in [0.2, 0.25) is 0 Å². The van der Waals surface area contributed by atoms with Crippen LogP contribution in [0.25, 0.3) is 0 Å². The highest BCUT2D eigenvalue weighted by molar-refractivity contribution is 6.62. The van der Waals surface area contributed by atoms with Gasteiger partial charge in [0.25, 0.3) is 0 Å². The molecule has 1 spiro atoms. The standard InChI is InChI=1S/C33H49BN2O4/c1-22-9-7-11-24(12-8-10-22)25-19-27(20-25)36-29-21-26(34-39-31(3,4)32(5,6)40-34)13-14-28(29)33(30(36)38)15-17-35(18-16-33)23(2)37/h13-14,21-22,24-25,27H,7-12,15-20H2,1-6H3. The van der Waals surface area contributed by atoms with Crippen LogP contribution in [0.5, 0.6) is 0 Å². The van der Waals surface area contributed by atoms with Crippen molar-refractivity contribution in [2.24, 2.45) is 17.8 Å². The lowest BCUT2D eigenvalue weighted by Gasteiger charge is -2.46. The molecule has 7 heteroatoms. The molecule has 5 aliphatic rings. The summed E-state index contributed by atoms with van der Waals surface area (Å²) in [7, 11) is -0.449. The molecule has 6 nitrogen and oxygen atoms in total. The van der Waals surface area contributed by atoms with Crippen molar-refractivity contribution >= 4 is 30.1 Å². The van der Waals surface area contributed by atoms with Crippen molar-refractivity contribution in [1.82, 2.24) is 4.90 Å². The molecule has 0 radical (unpaired) electrons. The van der Waals surface area contributed by atoms with Gasteiger partial charge in [-0.2, -0.15) is 0 Å². The molecule has 2 aliphatic carbocycles. The van der Waals surface area contributed by atoms with Crippen molar-refractivity contribution < 1.29 is 18.9 Å². The molecule has 0 N–H and O–H groups in total. The minimum absolute atomic E-state index is 0.101. The molecule has 3 aliphatic heterocycles. The number of fused-ring (bicyclic) bond motifs is 2. The van der Waals surface area contributed by atoms with Gasteiger partial charge < -0.3 is 19.1 Å². The van der Waals surface area contributed by atoms with E-state index in [1.807, 2.05) is 4.90 Å². The predicted octanol–water partition coefficient (Wildman–Crippen LogP) is 5.60. The number of carbonyl (C=O) groups excluding carboxylic acids is 2. The largest absolute Gasteiger partial charge is 0.494 e. The van der Waals surface area contributed by atoms with E-state index >= 15 is 0 Å². The Bertz CT molecular complexity index is 1130. The van der Waals surface area contributed by atoms with Crippen LogP contribution in [0.4, 0.5) is 5.69 Å². The van der Waals surface area contributed by atoms with Gasteiger partial charge in [-0.1, -0.05) is 57.6 Å². The van der Waals surface area contributed by atoms with Crippen LogP contribution in [0.1, 0.15) is 111 Å². The molecule has 0 bridgehead atoms. The summed E-state index contributed by atoms with van der Waals surface area (Å²) in [5.41, 5.74) is 1.83. The Kier molecular flexibility index (Phi) is 7.17. The van der Waals surface area contributed by atoms with Crippen molar-refractivity contribution in [3.8, 4) is 0 Å². The summed E-state index contributed by atoms with van der Waals surface area (Å²) in [5, 5.41) is 0. The number of hydrogen-bond donors (Lipinski definition) is 0. The number of anilines is 1. The fourth-order valence-corrected chi connectivity index (χ4v) is 8.23. The van der Waals surface area contributed by atoms with Crippen molar-refractivity contribution in [2.45, 2.75) is 128 Å². The Morgan fingerprint density at radius 2 is 1.52 bits per heavy atom. The van der Waals surface area contributed by atoms with Crippen LogP contribution >= 0.6 is 0 Å². The van der Waals surface area contributed by atoms with Crippen molar-refractivity contribution in [3.63, 3.8) is 0 Å². The number of amides is 2. The van der Waals surface area contributed by atoms with Crippen LogP contribution in [-0.2, 0) is 24.3 Å². The molecule has 0 atom stereocenters. The van der Waals surface area contributed by atoms with Crippen LogP contribution in [0.3, 0.4) is 0 Å². The molecular weight excluding hydrogens is 499 g/mol. The molecule has 1 aromatic carbocycles. The highest BCUT2D eigenvalue weighted by Crippen LogP contribution is 2.53. The fourth-order valence-electron chi connectivity index (χ4n) is 8.23. The van der Waals surface area contributed by atoms with Gasteiger partial charge >= 0.3 is 7.12 Å². The second kappa shape index (κ2) is 10.2. The summed E-state index contributed by atoms with van der Waals surface area (Å²) in [6, 6.07) is 6.73. The molecule has 218 valence electrons. The molecule has 2 saturated carbocycles. The van der Waals surface area contributed by atoms with Crippen molar-refractivity contribution in [1.29, 1.82) is 0 Å². The van der Waals surface area contributed by atoms with Gasteiger partial charge in [0, 0.05) is 31.7 Å². The molecule has 4 fully saturated rings. The van der Waals surface area contributed by atoms with Crippen LogP contribution < -0.4 is 10.4 Å². The van der Waals surface area contributed by atoms with Gasteiger partial charge in [0.15, 0.2) is 0 Å². The number of carbonyl (C=O) groups is 2. The van der Waals surface area contributed by atoms with Crippen LogP contribution in [0.15, 0.2) is 18.2 Å². The summed E-state index contributed by atoms with van der Waals surface area (Å²) in [6.07, 6.45) is 11.8. The van der Waals surface area contributed by atoms with Gasteiger partial charge in [-0.25, -0.2) is 0 Å². The lowest BCUT2D eigenvalue weighted by atomic mass is 9.67. The van der Waals surface area contributed by atoms with E-state index in [-0.39, 0.29) is 17.9 Å². The van der Waals surface area contributed by atoms with E-state index < -0.39 is 23.7 Å². The summed E-state index contributed by atoms with van der Waals surface area (Å²) in [5.74, 6) is 2.77. The number of rotatable bonds is 3. The Hall–Kier alpha value is -1.86. The number of hydrogen-bond acceptors (Lipinski definition) is 4. The third-order valence-corrected chi connectivity index (χ3v) is 11.7. The molecule has 40 heavy (non-hydrogen) atoms. The minimum Gasteiger partial charge on any atom is -0.399 e. The maximum atomic E-state index is 14.5. The Labute approximate surface area is 241 Å². The van der Waals surface area contributed by atoms with Gasteiger partial charge in [-0.15, -0.1) is 0 Å². The normalized spacial score (nSPS) is 33.0. The minimum atomic E-state index is -0.531. The average molecular weight is 549 g/mol. The summed E-state index contributed by atoms with van der Waals surface area (Å²) < 4.78 is 12.8. The fraction of sp³-hybridized carbons (Fsp3) is 0.758. The zero-order valence-electron chi connectivity index (χ0n) is 25.6. The van der Waals surface area contributed by atoms with Gasteiger partial charge in [0.2, 0.25) is 11.8 Å². The summed E-state index contributed by atoms with van der Waals surface area (Å²) >= 11 is 0. The zero-order valence-corrected chi connectivity index (χ0v) is 25.6. The van der Waals surface area contributed by atoms with E-state index in [0.29, 0.717) is 25.9 Å². The van der Waals surface area contributed by atoms with E-state index in [1.54, 1.807) is 6.92 Å². The van der Waals surface area contributed by atoms with E-state index in [9.17, 15) is 9.59 Å². The van der Waals surface area contributed by atoms with E-state index in [2.05, 4.69) is 57.7 Å². The lowest BCUT2D eigenvalue weighted by molar-refractivity contribution is -0.134. The monoisotopic (exact) mass is 548 g/mol. The quantitative estimate of drug-likeness (QED) is 0.462. The zero-order chi connectivity index (χ0) is 28.4. The SMILES string of the molecule is CC(=O)N1CCC2(CC1)C(=O)N(C1CC(C3CCCC(C)CCC3)C1)c1cc(B3OC(C)(C)C(C)(C)O3)ccc12. The summed E-state index contributed by atoms with van der Waals surface area (Å²) in [4.78, 5) is 30.6. The second-order valence-corrected chi connectivity index (χ2v) is 14.7.